The fraction of sp³-hybridized carbons (Fsp3) is 0. The van der Waals surface area contributed by atoms with Crippen LogP contribution in [0.5, 0.6) is 0 Å². The van der Waals surface area contributed by atoms with Gasteiger partial charge in [-0.05, 0) is 70.3 Å². The maximum absolute atomic E-state index is 4.13. The van der Waals surface area contributed by atoms with E-state index in [4.69, 9.17) is 0 Å². The van der Waals surface area contributed by atoms with E-state index in [1.54, 1.807) is 0 Å². The maximum Gasteiger partial charge on any atom is 0.0464 e. The van der Waals surface area contributed by atoms with Gasteiger partial charge in [0.15, 0.2) is 0 Å². The van der Waals surface area contributed by atoms with E-state index in [9.17, 15) is 0 Å². The number of anilines is 3. The van der Waals surface area contributed by atoms with Crippen LogP contribution in [0.15, 0.2) is 164 Å². The van der Waals surface area contributed by atoms with E-state index < -0.39 is 0 Å². The highest BCUT2D eigenvalue weighted by atomic mass is 14.9. The summed E-state index contributed by atoms with van der Waals surface area (Å²) in [6.45, 7) is 4.13. The summed E-state index contributed by atoms with van der Waals surface area (Å²) in [6, 6.07) is 46.1. The first-order valence-electron chi connectivity index (χ1n) is 12.7. The molecule has 0 aliphatic carbocycles. The second-order valence-corrected chi connectivity index (χ2v) is 8.95. The lowest BCUT2D eigenvalue weighted by molar-refractivity contribution is 1.52. The maximum atomic E-state index is 4.13. The quantitative estimate of drug-likeness (QED) is 0.201. The minimum atomic E-state index is 0.986. The first kappa shape index (κ1) is 24.6. The van der Waals surface area contributed by atoms with Gasteiger partial charge >= 0.3 is 0 Å². The van der Waals surface area contributed by atoms with Gasteiger partial charge in [0.05, 0.1) is 0 Å². The smallest absolute Gasteiger partial charge is 0.0464 e. The van der Waals surface area contributed by atoms with Crippen molar-refractivity contribution in [2.75, 3.05) is 10.6 Å². The molecule has 0 spiro atoms. The summed E-state index contributed by atoms with van der Waals surface area (Å²) < 4.78 is 0. The minimum absolute atomic E-state index is 0.986. The van der Waals surface area contributed by atoms with Gasteiger partial charge in [0.1, 0.15) is 0 Å². The molecule has 0 aromatic heterocycles. The lowest BCUT2D eigenvalue weighted by Crippen LogP contribution is -1.94. The van der Waals surface area contributed by atoms with Gasteiger partial charge in [0.2, 0.25) is 0 Å². The highest BCUT2D eigenvalue weighted by Crippen LogP contribution is 2.34. The molecular formula is C36H30N2. The second-order valence-electron chi connectivity index (χ2n) is 8.95. The van der Waals surface area contributed by atoms with Gasteiger partial charge in [0.25, 0.3) is 0 Å². The summed E-state index contributed by atoms with van der Waals surface area (Å²) >= 11 is 0. The van der Waals surface area contributed by atoms with E-state index in [0.717, 1.165) is 28.2 Å². The molecule has 0 fully saturated rings. The predicted molar refractivity (Wildman–Crippen MR) is 164 cm³/mol. The van der Waals surface area contributed by atoms with Crippen LogP contribution in [0, 0.1) is 0 Å². The van der Waals surface area contributed by atoms with Crippen LogP contribution >= 0.6 is 0 Å². The molecule has 184 valence electrons. The van der Waals surface area contributed by atoms with Crippen LogP contribution < -0.4 is 10.6 Å². The van der Waals surface area contributed by atoms with Crippen LogP contribution in [-0.2, 0) is 0 Å². The van der Waals surface area contributed by atoms with Crippen molar-refractivity contribution >= 4 is 22.6 Å². The molecule has 5 aromatic carbocycles. The number of para-hydroxylation sites is 1. The van der Waals surface area contributed by atoms with Crippen molar-refractivity contribution in [2.45, 2.75) is 0 Å². The predicted octanol–water partition coefficient (Wildman–Crippen LogP) is 9.96. The third-order valence-electron chi connectivity index (χ3n) is 6.27. The molecule has 0 aliphatic rings. The molecule has 0 amide bonds. The normalized spacial score (nSPS) is 11.1. The third-order valence-corrected chi connectivity index (χ3v) is 6.27. The van der Waals surface area contributed by atoms with Gasteiger partial charge < -0.3 is 10.6 Å². The van der Waals surface area contributed by atoms with Gasteiger partial charge in [0, 0.05) is 28.8 Å². The Balaban J connectivity index is 1.29. The molecule has 0 unspecified atom stereocenters. The molecule has 0 saturated heterocycles. The number of rotatable bonds is 9. The molecule has 5 aromatic rings. The second kappa shape index (κ2) is 12.2. The fourth-order valence-electron chi connectivity index (χ4n) is 4.25. The Bertz CT molecular complexity index is 1530. The zero-order valence-electron chi connectivity index (χ0n) is 21.2. The third kappa shape index (κ3) is 6.37. The van der Waals surface area contributed by atoms with Crippen molar-refractivity contribution in [1.82, 2.24) is 0 Å². The van der Waals surface area contributed by atoms with Crippen molar-refractivity contribution in [2.24, 2.45) is 0 Å². The lowest BCUT2D eigenvalue weighted by atomic mass is 9.97. The Morgan fingerprint density at radius 3 is 1.89 bits per heavy atom. The first-order chi connectivity index (χ1) is 18.8. The Hall–Kier alpha value is -5.08. The minimum Gasteiger partial charge on any atom is -0.362 e. The summed E-state index contributed by atoms with van der Waals surface area (Å²) in [5.41, 5.74) is 9.98. The SMILES string of the molecule is C=C(/C=C\C=C/Nc1ccc(-c2ccc(Nc3ccccc3)c(-c3ccccc3)c2)cc1)c1ccccc1. The van der Waals surface area contributed by atoms with Crippen LogP contribution in [-0.4, -0.2) is 0 Å². The molecule has 2 heteroatoms. The van der Waals surface area contributed by atoms with Crippen molar-refractivity contribution in [1.29, 1.82) is 0 Å². The van der Waals surface area contributed by atoms with Crippen LogP contribution in [0.2, 0.25) is 0 Å². The zero-order chi connectivity index (χ0) is 26.0. The average molecular weight is 491 g/mol. The lowest BCUT2D eigenvalue weighted by Gasteiger charge is -2.15. The topological polar surface area (TPSA) is 24.1 Å². The molecule has 0 bridgehead atoms. The summed E-state index contributed by atoms with van der Waals surface area (Å²) in [5, 5.41) is 6.92. The average Bonchev–Trinajstić information content (AvgIpc) is 2.99. The van der Waals surface area contributed by atoms with Crippen molar-refractivity contribution < 1.29 is 0 Å². The van der Waals surface area contributed by atoms with Crippen molar-refractivity contribution in [3.8, 4) is 22.3 Å². The van der Waals surface area contributed by atoms with Gasteiger partial charge in [-0.25, -0.2) is 0 Å². The Morgan fingerprint density at radius 2 is 1.18 bits per heavy atom. The molecule has 0 atom stereocenters. The van der Waals surface area contributed by atoms with E-state index in [1.807, 2.05) is 66.9 Å². The summed E-state index contributed by atoms with van der Waals surface area (Å²) in [4.78, 5) is 0. The van der Waals surface area contributed by atoms with E-state index in [-0.39, 0.29) is 0 Å². The molecule has 0 radical (unpaired) electrons. The Morgan fingerprint density at radius 1 is 0.553 bits per heavy atom. The van der Waals surface area contributed by atoms with E-state index in [2.05, 4.69) is 108 Å². The molecule has 0 heterocycles. The summed E-state index contributed by atoms with van der Waals surface area (Å²) in [6.07, 6.45) is 7.91. The highest BCUT2D eigenvalue weighted by Gasteiger charge is 2.08. The molecule has 0 aliphatic heterocycles. The van der Waals surface area contributed by atoms with Crippen LogP contribution in [0.4, 0.5) is 17.1 Å². The van der Waals surface area contributed by atoms with Gasteiger partial charge in [-0.1, -0.05) is 116 Å². The number of benzene rings is 5. The monoisotopic (exact) mass is 490 g/mol. The van der Waals surface area contributed by atoms with Gasteiger partial charge in [-0.15, -0.1) is 0 Å². The Kier molecular flexibility index (Phi) is 7.93. The largest absolute Gasteiger partial charge is 0.362 e. The molecule has 38 heavy (non-hydrogen) atoms. The number of nitrogens with one attached hydrogen (secondary N) is 2. The molecule has 0 saturated carbocycles. The highest BCUT2D eigenvalue weighted by molar-refractivity contribution is 5.85. The van der Waals surface area contributed by atoms with Crippen LogP contribution in [0.3, 0.4) is 0 Å². The fourth-order valence-corrected chi connectivity index (χ4v) is 4.25. The molecular weight excluding hydrogens is 460 g/mol. The van der Waals surface area contributed by atoms with Crippen LogP contribution in [0.25, 0.3) is 27.8 Å². The van der Waals surface area contributed by atoms with Gasteiger partial charge in [-0.3, -0.25) is 0 Å². The molecule has 2 N–H and O–H groups in total. The molecule has 5 rings (SSSR count). The van der Waals surface area contributed by atoms with Crippen molar-refractivity contribution in [3.63, 3.8) is 0 Å². The zero-order valence-corrected chi connectivity index (χ0v) is 21.2. The van der Waals surface area contributed by atoms with Gasteiger partial charge in [-0.2, -0.15) is 0 Å². The Labute approximate surface area is 225 Å². The first-order valence-corrected chi connectivity index (χ1v) is 12.7. The number of hydrogen-bond donors (Lipinski definition) is 2. The van der Waals surface area contributed by atoms with E-state index >= 15 is 0 Å². The van der Waals surface area contributed by atoms with Crippen molar-refractivity contribution in [3.05, 3.63) is 170 Å². The summed E-state index contributed by atoms with van der Waals surface area (Å²) in [7, 11) is 0. The van der Waals surface area contributed by atoms with E-state index in [1.165, 1.54) is 22.3 Å². The standard InChI is InChI=1S/C36H30N2/c1-28(29-14-5-2-6-15-29)13-11-12-26-37-33-23-20-30(21-24-33)32-22-25-36(38-34-18-9-4-10-19-34)35(27-32)31-16-7-3-8-17-31/h2-27,37-38H,1H2/b13-11-,26-12-. The number of allylic oxidation sites excluding steroid dienone is 4. The van der Waals surface area contributed by atoms with E-state index in [0.29, 0.717) is 0 Å². The molecule has 2 nitrogen and oxygen atoms in total. The van der Waals surface area contributed by atoms with Crippen LogP contribution in [0.1, 0.15) is 5.56 Å². The summed E-state index contributed by atoms with van der Waals surface area (Å²) in [5.74, 6) is 0. The number of hydrogen-bond acceptors (Lipinski definition) is 2.